The molecular weight excluding hydrogens is 314 g/mol. The Bertz CT molecular complexity index is 849. The van der Waals surface area contributed by atoms with Gasteiger partial charge in [0, 0.05) is 18.5 Å². The Morgan fingerprint density at radius 2 is 1.79 bits per heavy atom. The summed E-state index contributed by atoms with van der Waals surface area (Å²) in [5.41, 5.74) is 3.27. The molecule has 0 spiro atoms. The molecule has 1 aromatic carbocycles. The third kappa shape index (κ3) is 2.94. The van der Waals surface area contributed by atoms with Crippen LogP contribution in [0, 0.1) is 25.5 Å². The molecule has 7 heteroatoms. The fourth-order valence-electron chi connectivity index (χ4n) is 2.79. The summed E-state index contributed by atoms with van der Waals surface area (Å²) < 4.78 is 30.6. The van der Waals surface area contributed by atoms with Gasteiger partial charge in [0.1, 0.15) is 5.69 Å². The van der Waals surface area contributed by atoms with Crippen molar-refractivity contribution in [2.24, 2.45) is 0 Å². The standard InChI is InChI=1S/C17H18F2N4O/c1-11-14(7-9-24)12(2)23(20-11)10-13-6-8-22(21-13)17-15(18)4-3-5-16(17)19/h3-6,8,24H,7,9-10H2,1-2H3. The van der Waals surface area contributed by atoms with Crippen LogP contribution in [0.2, 0.25) is 0 Å². The van der Waals surface area contributed by atoms with E-state index in [1.807, 2.05) is 13.8 Å². The maximum atomic E-state index is 13.8. The van der Waals surface area contributed by atoms with E-state index in [0.717, 1.165) is 17.0 Å². The molecule has 0 aliphatic carbocycles. The first-order chi connectivity index (χ1) is 11.5. The molecule has 24 heavy (non-hydrogen) atoms. The summed E-state index contributed by atoms with van der Waals surface area (Å²) >= 11 is 0. The lowest BCUT2D eigenvalue weighted by Gasteiger charge is -2.05. The van der Waals surface area contributed by atoms with E-state index >= 15 is 0 Å². The van der Waals surface area contributed by atoms with Crippen molar-refractivity contribution in [2.75, 3.05) is 6.61 Å². The first-order valence-electron chi connectivity index (χ1n) is 7.64. The van der Waals surface area contributed by atoms with Gasteiger partial charge in [-0.15, -0.1) is 0 Å². The van der Waals surface area contributed by atoms with Gasteiger partial charge in [-0.25, -0.2) is 13.5 Å². The van der Waals surface area contributed by atoms with Crippen molar-refractivity contribution in [1.82, 2.24) is 19.6 Å². The fraction of sp³-hybridized carbons (Fsp3) is 0.294. The second-order valence-corrected chi connectivity index (χ2v) is 5.60. The number of benzene rings is 1. The molecule has 0 aliphatic rings. The highest BCUT2D eigenvalue weighted by Crippen LogP contribution is 2.18. The highest BCUT2D eigenvalue weighted by molar-refractivity contribution is 5.34. The van der Waals surface area contributed by atoms with Gasteiger partial charge in [0.15, 0.2) is 11.6 Å². The Labute approximate surface area is 138 Å². The number of aryl methyl sites for hydroxylation is 1. The number of aliphatic hydroxyl groups is 1. The van der Waals surface area contributed by atoms with Crippen LogP contribution in [0.15, 0.2) is 30.5 Å². The number of halogens is 2. The molecule has 126 valence electrons. The molecular formula is C17H18F2N4O. The van der Waals surface area contributed by atoms with E-state index in [1.165, 1.54) is 29.1 Å². The van der Waals surface area contributed by atoms with Crippen molar-refractivity contribution in [2.45, 2.75) is 26.8 Å². The van der Waals surface area contributed by atoms with Crippen LogP contribution in [0.5, 0.6) is 0 Å². The molecule has 5 nitrogen and oxygen atoms in total. The number of aromatic nitrogens is 4. The first kappa shape index (κ1) is 16.3. The second-order valence-electron chi connectivity index (χ2n) is 5.60. The first-order valence-corrected chi connectivity index (χ1v) is 7.64. The quantitative estimate of drug-likeness (QED) is 0.781. The van der Waals surface area contributed by atoms with E-state index in [1.54, 1.807) is 10.7 Å². The molecule has 2 heterocycles. The topological polar surface area (TPSA) is 55.9 Å². The average Bonchev–Trinajstić information content (AvgIpc) is 3.08. The summed E-state index contributed by atoms with van der Waals surface area (Å²) in [6.45, 7) is 4.27. The Kier molecular flexibility index (Phi) is 4.44. The van der Waals surface area contributed by atoms with Gasteiger partial charge in [0.25, 0.3) is 0 Å². The molecule has 1 N–H and O–H groups in total. The van der Waals surface area contributed by atoms with Crippen molar-refractivity contribution >= 4 is 0 Å². The summed E-state index contributed by atoms with van der Waals surface area (Å²) in [4.78, 5) is 0. The van der Waals surface area contributed by atoms with Crippen molar-refractivity contribution in [3.63, 3.8) is 0 Å². The smallest absolute Gasteiger partial charge is 0.151 e. The SMILES string of the molecule is Cc1nn(Cc2ccn(-c3c(F)cccc3F)n2)c(C)c1CCO. The van der Waals surface area contributed by atoms with Crippen LogP contribution >= 0.6 is 0 Å². The predicted molar refractivity (Wildman–Crippen MR) is 85.1 cm³/mol. The molecule has 0 unspecified atom stereocenters. The van der Waals surface area contributed by atoms with Crippen molar-refractivity contribution in [1.29, 1.82) is 0 Å². The van der Waals surface area contributed by atoms with Gasteiger partial charge in [-0.2, -0.15) is 10.2 Å². The molecule has 0 amide bonds. The number of nitrogens with zero attached hydrogens (tertiary/aromatic N) is 4. The number of rotatable bonds is 5. The lowest BCUT2D eigenvalue weighted by Crippen LogP contribution is -2.07. The summed E-state index contributed by atoms with van der Waals surface area (Å²) in [5.74, 6) is -1.33. The number of aliphatic hydroxyl groups excluding tert-OH is 1. The van der Waals surface area contributed by atoms with E-state index in [0.29, 0.717) is 18.7 Å². The zero-order chi connectivity index (χ0) is 17.3. The van der Waals surface area contributed by atoms with Crippen LogP contribution in [0.25, 0.3) is 5.69 Å². The molecule has 0 fully saturated rings. The molecule has 2 aromatic heterocycles. The van der Waals surface area contributed by atoms with Crippen molar-refractivity contribution in [3.05, 3.63) is 64.7 Å². The van der Waals surface area contributed by atoms with E-state index in [4.69, 9.17) is 5.11 Å². The van der Waals surface area contributed by atoms with Gasteiger partial charge in [0.05, 0.1) is 17.9 Å². The second kappa shape index (κ2) is 6.52. The molecule has 0 saturated heterocycles. The van der Waals surface area contributed by atoms with Crippen molar-refractivity contribution < 1.29 is 13.9 Å². The number of hydrogen-bond acceptors (Lipinski definition) is 3. The monoisotopic (exact) mass is 332 g/mol. The van der Waals surface area contributed by atoms with E-state index in [2.05, 4.69) is 10.2 Å². The van der Waals surface area contributed by atoms with Gasteiger partial charge < -0.3 is 5.11 Å². The molecule has 3 aromatic rings. The molecule has 0 atom stereocenters. The van der Waals surface area contributed by atoms with E-state index in [9.17, 15) is 8.78 Å². The zero-order valence-electron chi connectivity index (χ0n) is 13.5. The summed E-state index contributed by atoms with van der Waals surface area (Å²) in [6.07, 6.45) is 2.07. The van der Waals surface area contributed by atoms with E-state index < -0.39 is 11.6 Å². The van der Waals surface area contributed by atoms with Gasteiger partial charge in [-0.05, 0) is 44.0 Å². The summed E-state index contributed by atoms with van der Waals surface area (Å²) in [6, 6.07) is 5.41. The van der Waals surface area contributed by atoms with Crippen LogP contribution in [-0.2, 0) is 13.0 Å². The van der Waals surface area contributed by atoms with Gasteiger partial charge in [-0.3, -0.25) is 4.68 Å². The summed E-state index contributed by atoms with van der Waals surface area (Å²) in [5, 5.41) is 17.8. The molecule has 3 rings (SSSR count). The minimum Gasteiger partial charge on any atom is -0.396 e. The highest BCUT2D eigenvalue weighted by Gasteiger charge is 2.14. The normalized spacial score (nSPS) is 11.2. The lowest BCUT2D eigenvalue weighted by molar-refractivity contribution is 0.299. The van der Waals surface area contributed by atoms with Gasteiger partial charge >= 0.3 is 0 Å². The van der Waals surface area contributed by atoms with Crippen LogP contribution in [0.3, 0.4) is 0 Å². The lowest BCUT2D eigenvalue weighted by atomic mass is 10.1. The summed E-state index contributed by atoms with van der Waals surface area (Å²) in [7, 11) is 0. The fourth-order valence-corrected chi connectivity index (χ4v) is 2.79. The average molecular weight is 332 g/mol. The minimum atomic E-state index is -0.666. The predicted octanol–water partition coefficient (Wildman–Crippen LogP) is 2.55. The highest BCUT2D eigenvalue weighted by atomic mass is 19.1. The van der Waals surface area contributed by atoms with Crippen LogP contribution in [0.1, 0.15) is 22.6 Å². The number of hydrogen-bond donors (Lipinski definition) is 1. The molecule has 0 saturated carbocycles. The Hall–Kier alpha value is -2.54. The number of para-hydroxylation sites is 1. The Balaban J connectivity index is 1.89. The van der Waals surface area contributed by atoms with Gasteiger partial charge in [-0.1, -0.05) is 6.07 Å². The molecule has 0 radical (unpaired) electrons. The van der Waals surface area contributed by atoms with E-state index in [-0.39, 0.29) is 12.3 Å². The Morgan fingerprint density at radius 3 is 2.46 bits per heavy atom. The van der Waals surface area contributed by atoms with Crippen LogP contribution < -0.4 is 0 Å². The molecule has 0 bridgehead atoms. The zero-order valence-corrected chi connectivity index (χ0v) is 13.5. The maximum Gasteiger partial charge on any atom is 0.151 e. The van der Waals surface area contributed by atoms with Crippen LogP contribution in [-0.4, -0.2) is 31.3 Å². The van der Waals surface area contributed by atoms with Crippen molar-refractivity contribution in [3.8, 4) is 5.69 Å². The van der Waals surface area contributed by atoms with Gasteiger partial charge in [0.2, 0.25) is 0 Å². The Morgan fingerprint density at radius 1 is 1.08 bits per heavy atom. The third-order valence-electron chi connectivity index (χ3n) is 4.02. The third-order valence-corrected chi connectivity index (χ3v) is 4.02. The largest absolute Gasteiger partial charge is 0.396 e. The molecule has 0 aliphatic heterocycles. The maximum absolute atomic E-state index is 13.8. The van der Waals surface area contributed by atoms with Crippen LogP contribution in [0.4, 0.5) is 8.78 Å². The minimum absolute atomic E-state index is 0.0640.